The molecule has 20 heavy (non-hydrogen) atoms. The van der Waals surface area contributed by atoms with Crippen molar-refractivity contribution < 1.29 is 14.3 Å². The number of esters is 1. The Kier molecular flexibility index (Phi) is 8.11. The van der Waals surface area contributed by atoms with Gasteiger partial charge in [0, 0.05) is 0 Å². The summed E-state index contributed by atoms with van der Waals surface area (Å²) in [5, 5.41) is 2.50. The molecule has 0 aliphatic rings. The summed E-state index contributed by atoms with van der Waals surface area (Å²) in [7, 11) is 0. The number of rotatable bonds is 10. The SMILES string of the molecule is CCCCCCCCOC(=O)c1ccccc1NC=O. The molecule has 0 bridgehead atoms. The summed E-state index contributed by atoms with van der Waals surface area (Å²) in [5.74, 6) is -0.386. The number of carbonyl (C=O) groups is 2. The number of para-hydroxylation sites is 1. The van der Waals surface area contributed by atoms with Crippen LogP contribution in [0.2, 0.25) is 0 Å². The molecule has 0 spiro atoms. The second kappa shape index (κ2) is 10.0. The maximum atomic E-state index is 11.9. The van der Waals surface area contributed by atoms with Gasteiger partial charge in [-0.25, -0.2) is 4.79 Å². The van der Waals surface area contributed by atoms with E-state index in [0.29, 0.717) is 24.3 Å². The first-order valence-corrected chi connectivity index (χ1v) is 7.26. The fourth-order valence-corrected chi connectivity index (χ4v) is 1.98. The molecule has 110 valence electrons. The highest BCUT2D eigenvalue weighted by Crippen LogP contribution is 2.15. The van der Waals surface area contributed by atoms with Gasteiger partial charge < -0.3 is 10.1 Å². The average Bonchev–Trinajstić information content (AvgIpc) is 2.47. The van der Waals surface area contributed by atoms with E-state index in [0.717, 1.165) is 12.8 Å². The zero-order chi connectivity index (χ0) is 14.6. The molecule has 4 nitrogen and oxygen atoms in total. The highest BCUT2D eigenvalue weighted by atomic mass is 16.5. The first kappa shape index (κ1) is 16.2. The molecule has 0 aliphatic heterocycles. The summed E-state index contributed by atoms with van der Waals surface area (Å²) in [6.45, 7) is 2.62. The minimum Gasteiger partial charge on any atom is -0.462 e. The van der Waals surface area contributed by atoms with Crippen molar-refractivity contribution in [2.75, 3.05) is 11.9 Å². The topological polar surface area (TPSA) is 55.4 Å². The van der Waals surface area contributed by atoms with Crippen LogP contribution in [0.25, 0.3) is 0 Å². The standard InChI is InChI=1S/C16H23NO3/c1-2-3-4-5-6-9-12-20-16(19)14-10-7-8-11-15(14)17-13-18/h7-8,10-11,13H,2-6,9,12H2,1H3,(H,17,18). The molecule has 0 aliphatic carbocycles. The largest absolute Gasteiger partial charge is 0.462 e. The Morgan fingerprint density at radius 1 is 1.15 bits per heavy atom. The van der Waals surface area contributed by atoms with Crippen LogP contribution in [-0.2, 0) is 9.53 Å². The molecule has 4 heteroatoms. The first-order valence-electron chi connectivity index (χ1n) is 7.26. The number of anilines is 1. The third kappa shape index (κ3) is 5.87. The van der Waals surface area contributed by atoms with Crippen LogP contribution in [0.15, 0.2) is 24.3 Å². The van der Waals surface area contributed by atoms with Gasteiger partial charge in [-0.1, -0.05) is 51.2 Å². The Balaban J connectivity index is 2.30. The molecule has 0 aromatic heterocycles. The van der Waals surface area contributed by atoms with Crippen LogP contribution >= 0.6 is 0 Å². The van der Waals surface area contributed by atoms with Crippen LogP contribution in [0.1, 0.15) is 55.8 Å². The van der Waals surface area contributed by atoms with E-state index in [4.69, 9.17) is 4.74 Å². The molecule has 1 aromatic rings. The number of unbranched alkanes of at least 4 members (excludes halogenated alkanes) is 5. The predicted molar refractivity (Wildman–Crippen MR) is 79.8 cm³/mol. The van der Waals surface area contributed by atoms with Gasteiger partial charge in [-0.2, -0.15) is 0 Å². The van der Waals surface area contributed by atoms with Crippen LogP contribution < -0.4 is 5.32 Å². The lowest BCUT2D eigenvalue weighted by molar-refractivity contribution is -0.105. The molecule has 1 N–H and O–H groups in total. The maximum absolute atomic E-state index is 11.9. The minimum atomic E-state index is -0.386. The van der Waals surface area contributed by atoms with Crippen molar-refractivity contribution in [3.8, 4) is 0 Å². The van der Waals surface area contributed by atoms with Crippen LogP contribution in [-0.4, -0.2) is 19.0 Å². The van der Waals surface area contributed by atoms with Gasteiger partial charge in [0.05, 0.1) is 17.9 Å². The van der Waals surface area contributed by atoms with E-state index in [1.165, 1.54) is 25.7 Å². The van der Waals surface area contributed by atoms with Crippen LogP contribution in [0.5, 0.6) is 0 Å². The van der Waals surface area contributed by atoms with Crippen molar-refractivity contribution in [2.45, 2.75) is 45.4 Å². The molecule has 1 amide bonds. The highest BCUT2D eigenvalue weighted by molar-refractivity contribution is 5.97. The Bertz CT molecular complexity index is 418. The number of hydrogen-bond donors (Lipinski definition) is 1. The number of carbonyl (C=O) groups excluding carboxylic acids is 2. The normalized spacial score (nSPS) is 10.1. The van der Waals surface area contributed by atoms with Gasteiger partial charge in [-0.05, 0) is 18.6 Å². The van der Waals surface area contributed by atoms with Gasteiger partial charge >= 0.3 is 5.97 Å². The fraction of sp³-hybridized carbons (Fsp3) is 0.500. The zero-order valence-corrected chi connectivity index (χ0v) is 12.1. The number of amides is 1. The van der Waals surface area contributed by atoms with Crippen molar-refractivity contribution in [2.24, 2.45) is 0 Å². The Hall–Kier alpha value is -1.84. The maximum Gasteiger partial charge on any atom is 0.340 e. The monoisotopic (exact) mass is 277 g/mol. The number of hydrogen-bond acceptors (Lipinski definition) is 3. The third-order valence-electron chi connectivity index (χ3n) is 3.09. The van der Waals surface area contributed by atoms with Crippen molar-refractivity contribution in [1.29, 1.82) is 0 Å². The lowest BCUT2D eigenvalue weighted by Gasteiger charge is -2.08. The molecular weight excluding hydrogens is 254 g/mol. The van der Waals surface area contributed by atoms with E-state index in [2.05, 4.69) is 12.2 Å². The minimum absolute atomic E-state index is 0.386. The first-order chi connectivity index (χ1) is 9.79. The van der Waals surface area contributed by atoms with E-state index in [1.54, 1.807) is 24.3 Å². The van der Waals surface area contributed by atoms with E-state index < -0.39 is 0 Å². The second-order valence-corrected chi connectivity index (χ2v) is 4.71. The Morgan fingerprint density at radius 3 is 2.60 bits per heavy atom. The predicted octanol–water partition coefficient (Wildman–Crippen LogP) is 3.77. The molecule has 1 rings (SSSR count). The quantitative estimate of drug-likeness (QED) is 0.402. The van der Waals surface area contributed by atoms with Gasteiger partial charge in [-0.15, -0.1) is 0 Å². The number of benzene rings is 1. The Labute approximate surface area is 120 Å². The van der Waals surface area contributed by atoms with Gasteiger partial charge in [-0.3, -0.25) is 4.79 Å². The van der Waals surface area contributed by atoms with E-state index in [9.17, 15) is 9.59 Å². The van der Waals surface area contributed by atoms with E-state index >= 15 is 0 Å². The zero-order valence-electron chi connectivity index (χ0n) is 12.1. The molecule has 0 heterocycles. The lowest BCUT2D eigenvalue weighted by atomic mass is 10.1. The smallest absolute Gasteiger partial charge is 0.340 e. The van der Waals surface area contributed by atoms with Crippen LogP contribution in [0.4, 0.5) is 5.69 Å². The summed E-state index contributed by atoms with van der Waals surface area (Å²) in [5.41, 5.74) is 0.876. The average molecular weight is 277 g/mol. The van der Waals surface area contributed by atoms with Gasteiger partial charge in [0.1, 0.15) is 0 Å². The van der Waals surface area contributed by atoms with Crippen molar-refractivity contribution in [3.63, 3.8) is 0 Å². The van der Waals surface area contributed by atoms with Crippen LogP contribution in [0, 0.1) is 0 Å². The summed E-state index contributed by atoms with van der Waals surface area (Å²) in [4.78, 5) is 22.4. The molecule has 0 atom stereocenters. The second-order valence-electron chi connectivity index (χ2n) is 4.71. The Morgan fingerprint density at radius 2 is 1.85 bits per heavy atom. The summed E-state index contributed by atoms with van der Waals surface area (Å²) >= 11 is 0. The molecule has 0 saturated carbocycles. The van der Waals surface area contributed by atoms with Gasteiger partial charge in [0.15, 0.2) is 0 Å². The van der Waals surface area contributed by atoms with E-state index in [1.807, 2.05) is 0 Å². The van der Waals surface area contributed by atoms with Crippen molar-refractivity contribution in [1.82, 2.24) is 0 Å². The summed E-state index contributed by atoms with van der Waals surface area (Å²) in [6.07, 6.45) is 7.46. The van der Waals surface area contributed by atoms with E-state index in [-0.39, 0.29) is 5.97 Å². The van der Waals surface area contributed by atoms with Gasteiger partial charge in [0.25, 0.3) is 0 Å². The van der Waals surface area contributed by atoms with Crippen molar-refractivity contribution in [3.05, 3.63) is 29.8 Å². The number of ether oxygens (including phenoxy) is 1. The lowest BCUT2D eigenvalue weighted by Crippen LogP contribution is -2.10. The highest BCUT2D eigenvalue weighted by Gasteiger charge is 2.11. The summed E-state index contributed by atoms with van der Waals surface area (Å²) in [6, 6.07) is 6.83. The summed E-state index contributed by atoms with van der Waals surface area (Å²) < 4.78 is 5.23. The molecule has 0 saturated heterocycles. The number of nitrogens with one attached hydrogen (secondary N) is 1. The van der Waals surface area contributed by atoms with Gasteiger partial charge in [0.2, 0.25) is 6.41 Å². The van der Waals surface area contributed by atoms with Crippen LogP contribution in [0.3, 0.4) is 0 Å². The fourth-order valence-electron chi connectivity index (χ4n) is 1.98. The third-order valence-corrected chi connectivity index (χ3v) is 3.09. The van der Waals surface area contributed by atoms with Crippen molar-refractivity contribution >= 4 is 18.1 Å². The molecular formula is C16H23NO3. The molecule has 0 radical (unpaired) electrons. The molecule has 0 fully saturated rings. The molecule has 1 aromatic carbocycles. The molecule has 0 unspecified atom stereocenters.